The summed E-state index contributed by atoms with van der Waals surface area (Å²) >= 11 is 1.93. The van der Waals surface area contributed by atoms with Gasteiger partial charge in [-0.3, -0.25) is 4.99 Å². The van der Waals surface area contributed by atoms with Crippen LogP contribution in [0.15, 0.2) is 35.3 Å². The average Bonchev–Trinajstić information content (AvgIpc) is 2.89. The molecule has 1 fully saturated rings. The molecular weight excluding hydrogens is 264 g/mol. The monoisotopic (exact) mass is 290 g/mol. The zero-order valence-electron chi connectivity index (χ0n) is 12.7. The lowest BCUT2D eigenvalue weighted by atomic mass is 10.1. The lowest BCUT2D eigenvalue weighted by molar-refractivity contribution is 0.349. The van der Waals surface area contributed by atoms with Crippen LogP contribution in [0.5, 0.6) is 0 Å². The summed E-state index contributed by atoms with van der Waals surface area (Å²) in [5.74, 6) is 1.14. The molecule has 0 amide bonds. The number of thioether (sulfide) groups is 1. The number of nitrogens with zero attached hydrogens (tertiary/aromatic N) is 2. The zero-order chi connectivity index (χ0) is 14.2. The van der Waals surface area contributed by atoms with E-state index in [1.165, 1.54) is 36.4 Å². The van der Waals surface area contributed by atoms with Crippen molar-refractivity contribution in [2.24, 2.45) is 4.99 Å². The molecular formula is C17H26N2S. The van der Waals surface area contributed by atoms with Crippen molar-refractivity contribution in [1.82, 2.24) is 4.90 Å². The first kappa shape index (κ1) is 15.4. The van der Waals surface area contributed by atoms with Crippen molar-refractivity contribution in [2.45, 2.75) is 45.6 Å². The molecule has 1 aliphatic rings. The maximum atomic E-state index is 4.83. The second-order valence-electron chi connectivity index (χ2n) is 5.30. The minimum absolute atomic E-state index is 0.508. The third-order valence-corrected chi connectivity index (χ3v) is 4.79. The Labute approximate surface area is 127 Å². The Hall–Kier alpha value is -0.960. The first-order valence-corrected chi connectivity index (χ1v) is 8.84. The summed E-state index contributed by atoms with van der Waals surface area (Å²) in [7, 11) is 0. The van der Waals surface area contributed by atoms with Crippen LogP contribution >= 0.6 is 11.8 Å². The van der Waals surface area contributed by atoms with E-state index in [1.54, 1.807) is 0 Å². The topological polar surface area (TPSA) is 15.6 Å². The van der Waals surface area contributed by atoms with Gasteiger partial charge in [-0.05, 0) is 18.4 Å². The predicted molar refractivity (Wildman–Crippen MR) is 90.5 cm³/mol. The van der Waals surface area contributed by atoms with E-state index < -0.39 is 0 Å². The Bertz CT molecular complexity index is 416. The quantitative estimate of drug-likeness (QED) is 0.674. The predicted octanol–water partition coefficient (Wildman–Crippen LogP) is 4.73. The molecule has 0 N–H and O–H groups in total. The van der Waals surface area contributed by atoms with E-state index in [0.717, 1.165) is 18.8 Å². The highest BCUT2D eigenvalue weighted by Gasteiger charge is 2.30. The molecule has 110 valence electrons. The summed E-state index contributed by atoms with van der Waals surface area (Å²) in [6, 6.07) is 11.4. The summed E-state index contributed by atoms with van der Waals surface area (Å²) in [6.45, 7) is 6.59. The fourth-order valence-electron chi connectivity index (χ4n) is 2.46. The molecule has 0 bridgehead atoms. The van der Waals surface area contributed by atoms with Gasteiger partial charge in [0.05, 0.1) is 6.04 Å². The van der Waals surface area contributed by atoms with E-state index >= 15 is 0 Å². The highest BCUT2D eigenvalue weighted by molar-refractivity contribution is 8.14. The fraction of sp³-hybridized carbons (Fsp3) is 0.588. The number of benzene rings is 1. The van der Waals surface area contributed by atoms with Crippen LogP contribution in [-0.4, -0.2) is 28.9 Å². The molecule has 0 aliphatic carbocycles. The molecule has 1 aromatic carbocycles. The number of unbranched alkanes of at least 4 members (excludes halogenated alkanes) is 2. The lowest BCUT2D eigenvalue weighted by Gasteiger charge is -2.26. The van der Waals surface area contributed by atoms with Crippen LogP contribution in [-0.2, 0) is 0 Å². The number of amidine groups is 1. The van der Waals surface area contributed by atoms with Crippen molar-refractivity contribution in [2.75, 3.05) is 18.8 Å². The molecule has 0 aromatic heterocycles. The fourth-order valence-corrected chi connectivity index (χ4v) is 3.71. The standard InChI is InChI=1S/C17H26N2S/c1-3-5-12-18-17-19(13-6-4-2)16(14-20-17)15-10-8-7-9-11-15/h7-11,16H,3-6,12-14H2,1-2H3. The molecule has 1 atom stereocenters. The van der Waals surface area contributed by atoms with Crippen LogP contribution in [0.1, 0.15) is 51.1 Å². The number of hydrogen-bond acceptors (Lipinski definition) is 2. The van der Waals surface area contributed by atoms with Crippen LogP contribution in [0, 0.1) is 0 Å². The molecule has 1 heterocycles. The molecule has 1 aliphatic heterocycles. The van der Waals surface area contributed by atoms with E-state index in [2.05, 4.69) is 49.1 Å². The Morgan fingerprint density at radius 3 is 2.60 bits per heavy atom. The normalized spacial score (nSPS) is 20.8. The number of aliphatic imine (C=N–C) groups is 1. The average molecular weight is 290 g/mol. The van der Waals surface area contributed by atoms with E-state index in [1.807, 2.05) is 11.8 Å². The van der Waals surface area contributed by atoms with Gasteiger partial charge in [-0.25, -0.2) is 0 Å². The Balaban J connectivity index is 2.10. The molecule has 2 nitrogen and oxygen atoms in total. The van der Waals surface area contributed by atoms with Crippen molar-refractivity contribution in [3.63, 3.8) is 0 Å². The van der Waals surface area contributed by atoms with Gasteiger partial charge in [0.2, 0.25) is 0 Å². The molecule has 1 unspecified atom stereocenters. The van der Waals surface area contributed by atoms with E-state index in [9.17, 15) is 0 Å². The summed E-state index contributed by atoms with van der Waals surface area (Å²) in [4.78, 5) is 7.36. The van der Waals surface area contributed by atoms with Gasteiger partial charge in [-0.2, -0.15) is 0 Å². The Morgan fingerprint density at radius 1 is 1.15 bits per heavy atom. The second kappa shape index (κ2) is 8.35. The molecule has 20 heavy (non-hydrogen) atoms. The van der Waals surface area contributed by atoms with Crippen LogP contribution < -0.4 is 0 Å². The Morgan fingerprint density at radius 2 is 1.90 bits per heavy atom. The van der Waals surface area contributed by atoms with Gasteiger partial charge in [0.15, 0.2) is 5.17 Å². The zero-order valence-corrected chi connectivity index (χ0v) is 13.5. The molecule has 1 saturated heterocycles. The third kappa shape index (κ3) is 4.02. The maximum Gasteiger partial charge on any atom is 0.159 e. The van der Waals surface area contributed by atoms with Crippen LogP contribution in [0.2, 0.25) is 0 Å². The summed E-state index contributed by atoms with van der Waals surface area (Å²) in [5, 5.41) is 1.26. The van der Waals surface area contributed by atoms with Crippen molar-refractivity contribution in [3.8, 4) is 0 Å². The largest absolute Gasteiger partial charge is 0.344 e. The highest BCUT2D eigenvalue weighted by atomic mass is 32.2. The van der Waals surface area contributed by atoms with E-state index in [0.29, 0.717) is 6.04 Å². The van der Waals surface area contributed by atoms with Gasteiger partial charge < -0.3 is 4.90 Å². The van der Waals surface area contributed by atoms with Crippen LogP contribution in [0.25, 0.3) is 0 Å². The van der Waals surface area contributed by atoms with Gasteiger partial charge in [0.1, 0.15) is 0 Å². The lowest BCUT2D eigenvalue weighted by Crippen LogP contribution is -2.29. The van der Waals surface area contributed by atoms with Gasteiger partial charge in [0.25, 0.3) is 0 Å². The van der Waals surface area contributed by atoms with Crippen LogP contribution in [0.4, 0.5) is 0 Å². The molecule has 3 heteroatoms. The Kier molecular flexibility index (Phi) is 6.44. The van der Waals surface area contributed by atoms with Gasteiger partial charge in [0, 0.05) is 18.8 Å². The maximum absolute atomic E-state index is 4.83. The second-order valence-corrected chi connectivity index (χ2v) is 6.29. The summed E-state index contributed by atoms with van der Waals surface area (Å²) < 4.78 is 0. The molecule has 1 aromatic rings. The SMILES string of the molecule is CCCCN=C1SCC(c2ccccc2)N1CCCC. The number of rotatable bonds is 7. The molecule has 0 spiro atoms. The molecule has 2 rings (SSSR count). The van der Waals surface area contributed by atoms with Crippen molar-refractivity contribution in [1.29, 1.82) is 0 Å². The van der Waals surface area contributed by atoms with Gasteiger partial charge in [-0.1, -0.05) is 68.8 Å². The number of hydrogen-bond donors (Lipinski definition) is 0. The van der Waals surface area contributed by atoms with E-state index in [-0.39, 0.29) is 0 Å². The van der Waals surface area contributed by atoms with Crippen molar-refractivity contribution < 1.29 is 0 Å². The first-order valence-electron chi connectivity index (χ1n) is 7.85. The summed E-state index contributed by atoms with van der Waals surface area (Å²) in [5.41, 5.74) is 1.43. The smallest absolute Gasteiger partial charge is 0.159 e. The minimum Gasteiger partial charge on any atom is -0.344 e. The first-order chi connectivity index (χ1) is 9.86. The van der Waals surface area contributed by atoms with Crippen LogP contribution in [0.3, 0.4) is 0 Å². The highest BCUT2D eigenvalue weighted by Crippen LogP contribution is 2.35. The van der Waals surface area contributed by atoms with Crippen molar-refractivity contribution >= 4 is 16.9 Å². The molecule has 0 radical (unpaired) electrons. The van der Waals surface area contributed by atoms with E-state index in [4.69, 9.17) is 4.99 Å². The minimum atomic E-state index is 0.508. The molecule has 0 saturated carbocycles. The summed E-state index contributed by atoms with van der Waals surface area (Å²) in [6.07, 6.45) is 4.90. The van der Waals surface area contributed by atoms with Crippen molar-refractivity contribution in [3.05, 3.63) is 35.9 Å². The third-order valence-electron chi connectivity index (χ3n) is 3.69. The van der Waals surface area contributed by atoms with Gasteiger partial charge >= 0.3 is 0 Å². The van der Waals surface area contributed by atoms with Gasteiger partial charge in [-0.15, -0.1) is 0 Å².